The number of phenols is 1. The van der Waals surface area contributed by atoms with Gasteiger partial charge in [-0.15, -0.1) is 0 Å². The number of benzene rings is 1. The third-order valence-corrected chi connectivity index (χ3v) is 4.49. The Balaban J connectivity index is 1.79. The molecule has 5 nitrogen and oxygen atoms in total. The van der Waals surface area contributed by atoms with Gasteiger partial charge in [-0.3, -0.25) is 4.40 Å². The quantitative estimate of drug-likeness (QED) is 0.771. The summed E-state index contributed by atoms with van der Waals surface area (Å²) in [6.45, 7) is 0. The number of fused-ring (bicyclic) bond motifs is 1. The summed E-state index contributed by atoms with van der Waals surface area (Å²) < 4.78 is 2.01. The largest absolute Gasteiger partial charge is 0.508 e. The van der Waals surface area contributed by atoms with Crippen LogP contribution >= 0.6 is 0 Å². The Bertz CT molecular complexity index is 804. The maximum absolute atomic E-state index is 9.52. The molecule has 2 N–H and O–H groups in total. The minimum atomic E-state index is 0.262. The lowest BCUT2D eigenvalue weighted by molar-refractivity contribution is 0.461. The fourth-order valence-corrected chi connectivity index (χ4v) is 3.29. The number of imidazole rings is 1. The highest BCUT2D eigenvalue weighted by Crippen LogP contribution is 2.31. The molecule has 1 aliphatic carbocycles. The van der Waals surface area contributed by atoms with Crippen molar-refractivity contribution in [1.82, 2.24) is 14.4 Å². The van der Waals surface area contributed by atoms with E-state index in [1.165, 1.54) is 32.1 Å². The summed E-state index contributed by atoms with van der Waals surface area (Å²) in [6.07, 6.45) is 10.0. The minimum absolute atomic E-state index is 0.262. The normalized spacial score (nSPS) is 15.8. The standard InChI is InChI=1S/C18H20N4O/c23-15-9-7-13(8-10-15)16-17(20-14-5-2-1-3-6-14)22-12-4-11-19-18(22)21-16/h4,7-12,14,20,23H,1-3,5-6H2. The van der Waals surface area contributed by atoms with Gasteiger partial charge in [0.1, 0.15) is 17.3 Å². The first-order valence-electron chi connectivity index (χ1n) is 8.20. The molecular formula is C18H20N4O. The summed E-state index contributed by atoms with van der Waals surface area (Å²) in [6, 6.07) is 9.57. The SMILES string of the molecule is Oc1ccc(-c2nc3ncccn3c2NC2CCCCC2)cc1. The third-order valence-electron chi connectivity index (χ3n) is 4.49. The van der Waals surface area contributed by atoms with Crippen LogP contribution < -0.4 is 5.32 Å². The van der Waals surface area contributed by atoms with Crippen molar-refractivity contribution >= 4 is 11.6 Å². The van der Waals surface area contributed by atoms with Crippen LogP contribution in [0.2, 0.25) is 0 Å². The molecule has 0 unspecified atom stereocenters. The lowest BCUT2D eigenvalue weighted by Gasteiger charge is -2.24. The van der Waals surface area contributed by atoms with Gasteiger partial charge in [0.15, 0.2) is 0 Å². The number of nitrogens with zero attached hydrogens (tertiary/aromatic N) is 3. The maximum Gasteiger partial charge on any atom is 0.235 e. The predicted octanol–water partition coefficient (Wildman–Crippen LogP) is 3.85. The Labute approximate surface area is 135 Å². The molecule has 5 heteroatoms. The van der Waals surface area contributed by atoms with Gasteiger partial charge in [0.05, 0.1) is 0 Å². The van der Waals surface area contributed by atoms with Crippen molar-refractivity contribution in [3.63, 3.8) is 0 Å². The second-order valence-electron chi connectivity index (χ2n) is 6.12. The van der Waals surface area contributed by atoms with Crippen molar-refractivity contribution in [2.45, 2.75) is 38.1 Å². The summed E-state index contributed by atoms with van der Waals surface area (Å²) in [5, 5.41) is 13.2. The number of anilines is 1. The number of aromatic hydroxyl groups is 1. The van der Waals surface area contributed by atoms with E-state index < -0.39 is 0 Å². The van der Waals surface area contributed by atoms with Crippen LogP contribution in [-0.2, 0) is 0 Å². The van der Waals surface area contributed by atoms with E-state index in [2.05, 4.69) is 15.3 Å². The van der Waals surface area contributed by atoms with E-state index >= 15 is 0 Å². The van der Waals surface area contributed by atoms with Gasteiger partial charge in [0.25, 0.3) is 0 Å². The minimum Gasteiger partial charge on any atom is -0.508 e. The average molecular weight is 308 g/mol. The van der Waals surface area contributed by atoms with E-state index in [1.807, 2.05) is 28.8 Å². The molecule has 0 radical (unpaired) electrons. The van der Waals surface area contributed by atoms with Crippen LogP contribution in [0.25, 0.3) is 17.0 Å². The molecule has 1 fully saturated rings. The van der Waals surface area contributed by atoms with Crippen LogP contribution in [0.3, 0.4) is 0 Å². The molecule has 1 saturated carbocycles. The molecule has 0 atom stereocenters. The van der Waals surface area contributed by atoms with Gasteiger partial charge in [0, 0.05) is 24.0 Å². The van der Waals surface area contributed by atoms with Crippen molar-refractivity contribution < 1.29 is 5.11 Å². The molecule has 0 bridgehead atoms. The van der Waals surface area contributed by atoms with Crippen molar-refractivity contribution in [1.29, 1.82) is 0 Å². The van der Waals surface area contributed by atoms with Gasteiger partial charge in [-0.05, 0) is 43.2 Å². The molecule has 3 aromatic rings. The molecule has 1 aliphatic rings. The molecule has 0 aliphatic heterocycles. The molecule has 0 spiro atoms. The average Bonchev–Trinajstić information content (AvgIpc) is 2.95. The highest BCUT2D eigenvalue weighted by atomic mass is 16.3. The number of rotatable bonds is 3. The Kier molecular flexibility index (Phi) is 3.61. The lowest BCUT2D eigenvalue weighted by Crippen LogP contribution is -2.23. The number of nitrogens with one attached hydrogen (secondary N) is 1. The Morgan fingerprint density at radius 1 is 1.09 bits per heavy atom. The lowest BCUT2D eigenvalue weighted by atomic mass is 9.95. The van der Waals surface area contributed by atoms with Crippen LogP contribution in [0.1, 0.15) is 32.1 Å². The predicted molar refractivity (Wildman–Crippen MR) is 90.6 cm³/mol. The summed E-state index contributed by atoms with van der Waals surface area (Å²) in [4.78, 5) is 9.05. The van der Waals surface area contributed by atoms with E-state index in [4.69, 9.17) is 0 Å². The number of aromatic nitrogens is 3. The summed E-state index contributed by atoms with van der Waals surface area (Å²) in [5.41, 5.74) is 1.86. The first kappa shape index (κ1) is 14.1. The van der Waals surface area contributed by atoms with E-state index in [1.54, 1.807) is 18.3 Å². The first-order valence-corrected chi connectivity index (χ1v) is 8.20. The Hall–Kier alpha value is -2.56. The van der Waals surface area contributed by atoms with E-state index in [-0.39, 0.29) is 5.75 Å². The van der Waals surface area contributed by atoms with Crippen molar-refractivity contribution in [3.05, 3.63) is 42.7 Å². The molecule has 2 heterocycles. The summed E-state index contributed by atoms with van der Waals surface area (Å²) in [5.74, 6) is 1.94. The fraction of sp³-hybridized carbons (Fsp3) is 0.333. The monoisotopic (exact) mass is 308 g/mol. The van der Waals surface area contributed by atoms with Gasteiger partial charge in [0.2, 0.25) is 5.78 Å². The topological polar surface area (TPSA) is 62.5 Å². The second-order valence-corrected chi connectivity index (χ2v) is 6.12. The van der Waals surface area contributed by atoms with Crippen LogP contribution in [0.15, 0.2) is 42.7 Å². The number of phenolic OH excluding ortho intramolecular Hbond substituents is 1. The van der Waals surface area contributed by atoms with Crippen LogP contribution in [0.5, 0.6) is 5.75 Å². The van der Waals surface area contributed by atoms with Crippen molar-refractivity contribution in [3.8, 4) is 17.0 Å². The molecule has 0 amide bonds. The van der Waals surface area contributed by atoms with Crippen molar-refractivity contribution in [2.75, 3.05) is 5.32 Å². The van der Waals surface area contributed by atoms with Crippen LogP contribution in [-0.4, -0.2) is 25.5 Å². The van der Waals surface area contributed by atoms with Crippen LogP contribution in [0, 0.1) is 0 Å². The zero-order valence-electron chi connectivity index (χ0n) is 12.9. The smallest absolute Gasteiger partial charge is 0.235 e. The summed E-state index contributed by atoms with van der Waals surface area (Å²) in [7, 11) is 0. The third kappa shape index (κ3) is 2.74. The van der Waals surface area contributed by atoms with Gasteiger partial charge in [-0.1, -0.05) is 19.3 Å². The number of hydrogen-bond donors (Lipinski definition) is 2. The zero-order chi connectivity index (χ0) is 15.6. The summed E-state index contributed by atoms with van der Waals surface area (Å²) >= 11 is 0. The molecular weight excluding hydrogens is 288 g/mol. The zero-order valence-corrected chi connectivity index (χ0v) is 12.9. The van der Waals surface area contributed by atoms with Gasteiger partial charge in [-0.25, -0.2) is 9.97 Å². The van der Waals surface area contributed by atoms with E-state index in [0.717, 1.165) is 17.1 Å². The molecule has 118 valence electrons. The molecule has 0 saturated heterocycles. The molecule has 2 aromatic heterocycles. The Morgan fingerprint density at radius 3 is 2.65 bits per heavy atom. The number of hydrogen-bond acceptors (Lipinski definition) is 4. The second kappa shape index (κ2) is 5.91. The van der Waals surface area contributed by atoms with E-state index in [9.17, 15) is 5.11 Å². The molecule has 1 aromatic carbocycles. The highest BCUT2D eigenvalue weighted by molar-refractivity contribution is 5.76. The highest BCUT2D eigenvalue weighted by Gasteiger charge is 2.19. The van der Waals surface area contributed by atoms with Gasteiger partial charge < -0.3 is 10.4 Å². The molecule has 4 rings (SSSR count). The molecule has 23 heavy (non-hydrogen) atoms. The van der Waals surface area contributed by atoms with Gasteiger partial charge >= 0.3 is 0 Å². The van der Waals surface area contributed by atoms with Gasteiger partial charge in [-0.2, -0.15) is 0 Å². The first-order chi connectivity index (χ1) is 11.3. The van der Waals surface area contributed by atoms with Crippen LogP contribution in [0.4, 0.5) is 5.82 Å². The fourth-order valence-electron chi connectivity index (χ4n) is 3.29. The van der Waals surface area contributed by atoms with Crippen molar-refractivity contribution in [2.24, 2.45) is 0 Å². The van der Waals surface area contributed by atoms with E-state index in [0.29, 0.717) is 11.8 Å². The maximum atomic E-state index is 9.52. The Morgan fingerprint density at radius 2 is 1.87 bits per heavy atom.